The van der Waals surface area contributed by atoms with Crippen LogP contribution in [0.3, 0.4) is 0 Å². The van der Waals surface area contributed by atoms with E-state index in [0.717, 1.165) is 28.9 Å². The number of anilines is 2. The predicted octanol–water partition coefficient (Wildman–Crippen LogP) is 4.97. The Kier molecular flexibility index (Phi) is 5.47. The van der Waals surface area contributed by atoms with Gasteiger partial charge in [-0.2, -0.15) is 0 Å². The molecule has 0 aliphatic rings. The summed E-state index contributed by atoms with van der Waals surface area (Å²) in [5, 5.41) is 6.25. The van der Waals surface area contributed by atoms with Crippen molar-refractivity contribution in [3.8, 4) is 11.1 Å². The van der Waals surface area contributed by atoms with Crippen molar-refractivity contribution in [2.24, 2.45) is 0 Å². The third-order valence-electron chi connectivity index (χ3n) is 4.12. The summed E-state index contributed by atoms with van der Waals surface area (Å²) in [6, 6.07) is 26.0. The van der Waals surface area contributed by atoms with Crippen LogP contribution >= 0.6 is 0 Å². The molecular formula is C22H22N2O. The van der Waals surface area contributed by atoms with E-state index in [1.807, 2.05) is 72.8 Å². The van der Waals surface area contributed by atoms with Crippen LogP contribution < -0.4 is 10.6 Å². The molecule has 1 amide bonds. The summed E-state index contributed by atoms with van der Waals surface area (Å²) >= 11 is 0. The SMILES string of the molecule is CCc1ccccc1NCC(=O)Nc1ccccc1-c1ccccc1. The number of carbonyl (C=O) groups is 1. The van der Waals surface area contributed by atoms with Crippen LogP contribution in [0.4, 0.5) is 11.4 Å². The molecule has 126 valence electrons. The Morgan fingerprint density at radius 1 is 0.800 bits per heavy atom. The average Bonchev–Trinajstić information content (AvgIpc) is 2.67. The molecule has 0 aliphatic heterocycles. The first kappa shape index (κ1) is 16.8. The van der Waals surface area contributed by atoms with Crippen LogP contribution in [0.15, 0.2) is 78.9 Å². The second-order valence-electron chi connectivity index (χ2n) is 5.82. The number of hydrogen-bond donors (Lipinski definition) is 2. The third-order valence-corrected chi connectivity index (χ3v) is 4.12. The van der Waals surface area contributed by atoms with Crippen LogP contribution in [0.2, 0.25) is 0 Å². The standard InChI is InChI=1S/C22H22N2O/c1-2-17-10-6-8-14-20(17)23-16-22(25)24-21-15-9-7-13-19(21)18-11-4-3-5-12-18/h3-15,23H,2,16H2,1H3,(H,24,25). The van der Waals surface area contributed by atoms with E-state index in [2.05, 4.69) is 23.6 Å². The Balaban J connectivity index is 1.70. The predicted molar refractivity (Wildman–Crippen MR) is 105 cm³/mol. The van der Waals surface area contributed by atoms with Crippen LogP contribution in [-0.4, -0.2) is 12.5 Å². The highest BCUT2D eigenvalue weighted by Gasteiger charge is 2.08. The molecule has 0 saturated heterocycles. The lowest BCUT2D eigenvalue weighted by atomic mass is 10.0. The van der Waals surface area contributed by atoms with Crippen LogP contribution in [0.1, 0.15) is 12.5 Å². The zero-order valence-corrected chi connectivity index (χ0v) is 14.3. The zero-order valence-electron chi connectivity index (χ0n) is 14.3. The monoisotopic (exact) mass is 330 g/mol. The molecule has 0 unspecified atom stereocenters. The second kappa shape index (κ2) is 8.15. The van der Waals surface area contributed by atoms with Gasteiger partial charge in [-0.05, 0) is 29.7 Å². The van der Waals surface area contributed by atoms with Gasteiger partial charge in [0.1, 0.15) is 0 Å². The fourth-order valence-corrected chi connectivity index (χ4v) is 2.83. The van der Waals surface area contributed by atoms with Gasteiger partial charge in [0.25, 0.3) is 0 Å². The molecule has 3 aromatic carbocycles. The molecule has 0 atom stereocenters. The lowest BCUT2D eigenvalue weighted by Gasteiger charge is -2.13. The van der Waals surface area contributed by atoms with E-state index in [9.17, 15) is 4.79 Å². The highest BCUT2D eigenvalue weighted by atomic mass is 16.1. The van der Waals surface area contributed by atoms with Crippen molar-refractivity contribution >= 4 is 17.3 Å². The molecule has 3 nitrogen and oxygen atoms in total. The van der Waals surface area contributed by atoms with E-state index in [0.29, 0.717) is 0 Å². The molecule has 0 radical (unpaired) electrons. The van der Waals surface area contributed by atoms with Crippen LogP contribution in [0, 0.1) is 0 Å². The van der Waals surface area contributed by atoms with Crippen molar-refractivity contribution in [1.82, 2.24) is 0 Å². The molecule has 3 aromatic rings. The average molecular weight is 330 g/mol. The molecule has 0 spiro atoms. The number of nitrogens with one attached hydrogen (secondary N) is 2. The fraction of sp³-hybridized carbons (Fsp3) is 0.136. The molecule has 0 aliphatic carbocycles. The van der Waals surface area contributed by atoms with E-state index in [1.165, 1.54) is 5.56 Å². The van der Waals surface area contributed by atoms with Crippen molar-refractivity contribution < 1.29 is 4.79 Å². The fourth-order valence-electron chi connectivity index (χ4n) is 2.83. The molecule has 3 heteroatoms. The molecule has 0 fully saturated rings. The summed E-state index contributed by atoms with van der Waals surface area (Å²) in [6.45, 7) is 2.34. The molecule has 0 heterocycles. The van der Waals surface area contributed by atoms with E-state index in [1.54, 1.807) is 0 Å². The first-order chi connectivity index (χ1) is 12.3. The van der Waals surface area contributed by atoms with E-state index in [4.69, 9.17) is 0 Å². The number of amides is 1. The largest absolute Gasteiger partial charge is 0.376 e. The normalized spacial score (nSPS) is 10.3. The van der Waals surface area contributed by atoms with Gasteiger partial charge in [0, 0.05) is 16.9 Å². The summed E-state index contributed by atoms with van der Waals surface area (Å²) in [5.74, 6) is -0.0608. The molecule has 0 saturated carbocycles. The lowest BCUT2D eigenvalue weighted by Crippen LogP contribution is -2.22. The summed E-state index contributed by atoms with van der Waals surface area (Å²) < 4.78 is 0. The summed E-state index contributed by atoms with van der Waals surface area (Å²) in [6.07, 6.45) is 0.932. The van der Waals surface area contributed by atoms with Crippen molar-refractivity contribution in [2.45, 2.75) is 13.3 Å². The van der Waals surface area contributed by atoms with E-state index >= 15 is 0 Å². The Morgan fingerprint density at radius 3 is 2.20 bits per heavy atom. The Bertz CT molecular complexity index is 843. The van der Waals surface area contributed by atoms with Gasteiger partial charge < -0.3 is 10.6 Å². The number of carbonyl (C=O) groups excluding carboxylic acids is 1. The molecule has 25 heavy (non-hydrogen) atoms. The number of para-hydroxylation sites is 2. The van der Waals surface area contributed by atoms with Gasteiger partial charge in [-0.25, -0.2) is 0 Å². The third kappa shape index (κ3) is 4.27. The highest BCUT2D eigenvalue weighted by Crippen LogP contribution is 2.27. The van der Waals surface area contributed by atoms with Crippen LogP contribution in [-0.2, 0) is 11.2 Å². The molecular weight excluding hydrogens is 308 g/mol. The van der Waals surface area contributed by atoms with Gasteiger partial charge in [-0.1, -0.05) is 73.7 Å². The van der Waals surface area contributed by atoms with E-state index < -0.39 is 0 Å². The van der Waals surface area contributed by atoms with Crippen molar-refractivity contribution in [1.29, 1.82) is 0 Å². The molecule has 2 N–H and O–H groups in total. The van der Waals surface area contributed by atoms with Gasteiger partial charge >= 0.3 is 0 Å². The van der Waals surface area contributed by atoms with E-state index in [-0.39, 0.29) is 12.5 Å². The Hall–Kier alpha value is -3.07. The minimum absolute atomic E-state index is 0.0608. The van der Waals surface area contributed by atoms with Crippen molar-refractivity contribution in [3.63, 3.8) is 0 Å². The van der Waals surface area contributed by atoms with Crippen LogP contribution in [0.5, 0.6) is 0 Å². The lowest BCUT2D eigenvalue weighted by molar-refractivity contribution is -0.114. The number of benzene rings is 3. The van der Waals surface area contributed by atoms with Gasteiger partial charge in [0.15, 0.2) is 0 Å². The number of hydrogen-bond acceptors (Lipinski definition) is 2. The summed E-state index contributed by atoms with van der Waals surface area (Å²) in [4.78, 5) is 12.4. The smallest absolute Gasteiger partial charge is 0.243 e. The highest BCUT2D eigenvalue weighted by molar-refractivity contribution is 5.97. The Morgan fingerprint density at radius 2 is 1.44 bits per heavy atom. The number of aryl methyl sites for hydroxylation is 1. The molecule has 0 aromatic heterocycles. The Labute approximate surface area is 148 Å². The molecule has 0 bridgehead atoms. The maximum absolute atomic E-state index is 12.4. The minimum atomic E-state index is -0.0608. The first-order valence-electron chi connectivity index (χ1n) is 8.54. The topological polar surface area (TPSA) is 41.1 Å². The van der Waals surface area contributed by atoms with Crippen molar-refractivity contribution in [2.75, 3.05) is 17.2 Å². The van der Waals surface area contributed by atoms with Gasteiger partial charge in [0.05, 0.1) is 6.54 Å². The first-order valence-corrected chi connectivity index (χ1v) is 8.54. The summed E-state index contributed by atoms with van der Waals surface area (Å²) in [7, 11) is 0. The van der Waals surface area contributed by atoms with Crippen molar-refractivity contribution in [3.05, 3.63) is 84.4 Å². The second-order valence-corrected chi connectivity index (χ2v) is 5.82. The maximum Gasteiger partial charge on any atom is 0.243 e. The number of rotatable bonds is 6. The summed E-state index contributed by atoms with van der Waals surface area (Å²) in [5.41, 5.74) is 5.15. The molecule has 3 rings (SSSR count). The van der Waals surface area contributed by atoms with Gasteiger partial charge in [-0.3, -0.25) is 4.79 Å². The van der Waals surface area contributed by atoms with Gasteiger partial charge in [0.2, 0.25) is 5.91 Å². The quantitative estimate of drug-likeness (QED) is 0.670. The minimum Gasteiger partial charge on any atom is -0.376 e. The van der Waals surface area contributed by atoms with Gasteiger partial charge in [-0.15, -0.1) is 0 Å². The maximum atomic E-state index is 12.4. The van der Waals surface area contributed by atoms with Crippen LogP contribution in [0.25, 0.3) is 11.1 Å². The zero-order chi connectivity index (χ0) is 17.5.